The Hall–Kier alpha value is -3.11. The number of benzene rings is 1. The fourth-order valence-electron chi connectivity index (χ4n) is 3.07. The van der Waals surface area contributed by atoms with Gasteiger partial charge in [-0.25, -0.2) is 14.6 Å². The van der Waals surface area contributed by atoms with Crippen LogP contribution in [0.5, 0.6) is 0 Å². The Bertz CT molecular complexity index is 1280. The predicted molar refractivity (Wildman–Crippen MR) is 126 cm³/mol. The van der Waals surface area contributed by atoms with Gasteiger partial charge in [0.15, 0.2) is 11.0 Å². The van der Waals surface area contributed by atoms with E-state index in [1.165, 1.54) is 11.8 Å². The molecule has 4 rings (SSSR count). The predicted octanol–water partition coefficient (Wildman–Crippen LogP) is 4.59. The molecule has 0 aliphatic heterocycles. The number of hydrogen-bond acceptors (Lipinski definition) is 8. The third-order valence-electron chi connectivity index (χ3n) is 4.25. The molecule has 0 amide bonds. The van der Waals surface area contributed by atoms with Crippen molar-refractivity contribution in [2.75, 3.05) is 5.32 Å². The number of nitrogens with zero attached hydrogens (tertiary/aromatic N) is 7. The summed E-state index contributed by atoms with van der Waals surface area (Å²) in [4.78, 5) is 9.41. The van der Waals surface area contributed by atoms with Crippen LogP contribution in [0.25, 0.3) is 17.0 Å². The molecule has 0 aliphatic carbocycles. The molecule has 0 spiro atoms. The minimum absolute atomic E-state index is 0.341. The highest BCUT2D eigenvalue weighted by atomic mass is 35.5. The molecule has 0 radical (unpaired) electrons. The molecule has 0 atom stereocenters. The maximum absolute atomic E-state index is 6.49. The fraction of sp³-hybridized carbons (Fsp3) is 0.286. The Morgan fingerprint density at radius 1 is 1.19 bits per heavy atom. The molecule has 0 unspecified atom stereocenters. The van der Waals surface area contributed by atoms with Gasteiger partial charge in [-0.3, -0.25) is 4.57 Å². The molecular weight excluding hydrogens is 448 g/mol. The zero-order valence-electron chi connectivity index (χ0n) is 18.2. The average Bonchev–Trinajstić information content (AvgIpc) is 3.28. The monoisotopic (exact) mass is 470 g/mol. The van der Waals surface area contributed by atoms with Crippen LogP contribution < -0.4 is 5.32 Å². The van der Waals surface area contributed by atoms with Crippen LogP contribution in [0.2, 0.25) is 5.02 Å². The van der Waals surface area contributed by atoms with Crippen LogP contribution in [0, 0.1) is 0 Å². The van der Waals surface area contributed by atoms with E-state index in [9.17, 15) is 0 Å². The van der Waals surface area contributed by atoms with E-state index in [0.29, 0.717) is 33.6 Å². The number of nitrogens with one attached hydrogen (secondary N) is 1. The van der Waals surface area contributed by atoms with Crippen molar-refractivity contribution < 1.29 is 4.74 Å². The van der Waals surface area contributed by atoms with Crippen LogP contribution >= 0.6 is 23.4 Å². The maximum atomic E-state index is 6.49. The number of pyridine rings is 1. The zero-order chi connectivity index (χ0) is 22.9. The van der Waals surface area contributed by atoms with Crippen LogP contribution in [0.15, 0.2) is 54.0 Å². The molecule has 0 fully saturated rings. The van der Waals surface area contributed by atoms with Crippen LogP contribution in [0.3, 0.4) is 0 Å². The number of halogens is 1. The Balaban J connectivity index is 1.59. The van der Waals surface area contributed by atoms with Crippen LogP contribution in [0.1, 0.15) is 26.5 Å². The van der Waals surface area contributed by atoms with E-state index in [1.54, 1.807) is 11.7 Å². The van der Waals surface area contributed by atoms with Crippen molar-refractivity contribution in [3.8, 4) is 5.95 Å². The molecule has 3 heterocycles. The SMILES string of the molecule is C=C(Nc1cccc(CSc2nc3cccc(Cl)c3n2-c2nnnn2C)n1)OC(C)(C)C. The number of rotatable bonds is 7. The normalized spacial score (nSPS) is 11.7. The highest BCUT2D eigenvalue weighted by molar-refractivity contribution is 7.98. The van der Waals surface area contributed by atoms with Gasteiger partial charge >= 0.3 is 0 Å². The molecule has 0 bridgehead atoms. The summed E-state index contributed by atoms with van der Waals surface area (Å²) in [5.74, 6) is 2.21. The number of imidazole rings is 1. The molecule has 4 aromatic rings. The number of aromatic nitrogens is 7. The number of anilines is 1. The van der Waals surface area contributed by atoms with Crippen molar-refractivity contribution in [3.05, 3.63) is 59.6 Å². The second-order valence-electron chi connectivity index (χ2n) is 8.01. The Morgan fingerprint density at radius 3 is 2.69 bits per heavy atom. The first-order valence-electron chi connectivity index (χ1n) is 9.84. The van der Waals surface area contributed by atoms with E-state index >= 15 is 0 Å². The zero-order valence-corrected chi connectivity index (χ0v) is 19.8. The maximum Gasteiger partial charge on any atom is 0.256 e. The highest BCUT2D eigenvalue weighted by Crippen LogP contribution is 2.32. The Morgan fingerprint density at radius 2 is 1.97 bits per heavy atom. The van der Waals surface area contributed by atoms with Crippen molar-refractivity contribution in [2.45, 2.75) is 37.3 Å². The number of aryl methyl sites for hydroxylation is 1. The van der Waals surface area contributed by atoms with E-state index in [1.807, 2.05) is 61.7 Å². The van der Waals surface area contributed by atoms with E-state index in [0.717, 1.165) is 16.7 Å². The fourth-order valence-corrected chi connectivity index (χ4v) is 4.22. The number of para-hydroxylation sites is 1. The van der Waals surface area contributed by atoms with Gasteiger partial charge in [0.1, 0.15) is 11.4 Å². The van der Waals surface area contributed by atoms with Crippen LogP contribution in [-0.4, -0.2) is 40.3 Å². The average molecular weight is 471 g/mol. The summed E-state index contributed by atoms with van der Waals surface area (Å²) in [5, 5.41) is 16.2. The largest absolute Gasteiger partial charge is 0.474 e. The molecule has 1 aromatic carbocycles. The highest BCUT2D eigenvalue weighted by Gasteiger charge is 2.19. The number of thioether (sulfide) groups is 1. The van der Waals surface area contributed by atoms with Crippen molar-refractivity contribution >= 4 is 40.2 Å². The minimum atomic E-state index is -0.341. The topological polar surface area (TPSA) is 95.6 Å². The lowest BCUT2D eigenvalue weighted by molar-refractivity contribution is 0.0564. The molecule has 32 heavy (non-hydrogen) atoms. The molecule has 0 saturated heterocycles. The first-order chi connectivity index (χ1) is 15.2. The summed E-state index contributed by atoms with van der Waals surface area (Å²) in [6, 6.07) is 11.4. The molecule has 3 aromatic heterocycles. The second-order valence-corrected chi connectivity index (χ2v) is 9.35. The molecule has 0 aliphatic rings. The third kappa shape index (κ3) is 4.86. The van der Waals surface area contributed by atoms with Gasteiger partial charge in [0.2, 0.25) is 0 Å². The Labute approximate surface area is 194 Å². The first kappa shape index (κ1) is 22.1. The van der Waals surface area contributed by atoms with Crippen molar-refractivity contribution in [3.63, 3.8) is 0 Å². The van der Waals surface area contributed by atoms with E-state index in [4.69, 9.17) is 21.3 Å². The smallest absolute Gasteiger partial charge is 0.256 e. The summed E-state index contributed by atoms with van der Waals surface area (Å²) in [6.45, 7) is 9.80. The minimum Gasteiger partial charge on any atom is -0.474 e. The lowest BCUT2D eigenvalue weighted by Crippen LogP contribution is -2.21. The molecular formula is C21H23ClN8OS. The summed E-state index contributed by atoms with van der Waals surface area (Å²) >= 11 is 8.01. The quantitative estimate of drug-likeness (QED) is 0.309. The van der Waals surface area contributed by atoms with Gasteiger partial charge in [0.05, 0.1) is 21.7 Å². The molecule has 9 nitrogen and oxygen atoms in total. The summed E-state index contributed by atoms with van der Waals surface area (Å²) < 4.78 is 9.17. The number of hydrogen-bond donors (Lipinski definition) is 1. The molecule has 1 N–H and O–H groups in total. The summed E-state index contributed by atoms with van der Waals surface area (Å²) in [5.41, 5.74) is 2.05. The number of fused-ring (bicyclic) bond motifs is 1. The van der Waals surface area contributed by atoms with Gasteiger partial charge in [-0.05, 0) is 62.0 Å². The van der Waals surface area contributed by atoms with E-state index < -0.39 is 0 Å². The van der Waals surface area contributed by atoms with Gasteiger partial charge in [-0.2, -0.15) is 0 Å². The van der Waals surface area contributed by atoms with E-state index in [-0.39, 0.29) is 5.60 Å². The third-order valence-corrected chi connectivity index (χ3v) is 5.52. The molecule has 0 saturated carbocycles. The van der Waals surface area contributed by atoms with Gasteiger partial charge < -0.3 is 10.1 Å². The van der Waals surface area contributed by atoms with Crippen molar-refractivity contribution in [1.29, 1.82) is 0 Å². The lowest BCUT2D eigenvalue weighted by atomic mass is 10.2. The standard InChI is InChI=1S/C21H23ClN8OS/c1-13(31-21(2,3)4)23-17-11-6-8-14(24-17)12-32-20-25-16-10-7-9-15(22)18(16)30(20)19-26-27-28-29(19)5/h6-11H,1,12H2,2-5H3,(H,23,24). The summed E-state index contributed by atoms with van der Waals surface area (Å²) in [6.07, 6.45) is 0. The van der Waals surface area contributed by atoms with E-state index in [2.05, 4.69) is 32.4 Å². The molecule has 11 heteroatoms. The number of ether oxygens (including phenoxy) is 1. The Kier molecular flexibility index (Phi) is 6.07. The summed E-state index contributed by atoms with van der Waals surface area (Å²) in [7, 11) is 1.77. The van der Waals surface area contributed by atoms with Crippen LogP contribution in [-0.2, 0) is 17.5 Å². The first-order valence-corrected chi connectivity index (χ1v) is 11.2. The molecule has 166 valence electrons. The van der Waals surface area contributed by atoms with Gasteiger partial charge in [0.25, 0.3) is 5.95 Å². The van der Waals surface area contributed by atoms with Gasteiger partial charge in [0, 0.05) is 12.8 Å². The number of tetrazole rings is 1. The lowest BCUT2D eigenvalue weighted by Gasteiger charge is -2.23. The van der Waals surface area contributed by atoms with Crippen LogP contribution in [0.4, 0.5) is 5.82 Å². The van der Waals surface area contributed by atoms with Crippen molar-refractivity contribution in [1.82, 2.24) is 34.7 Å². The van der Waals surface area contributed by atoms with Gasteiger partial charge in [-0.15, -0.1) is 0 Å². The van der Waals surface area contributed by atoms with Gasteiger partial charge in [-0.1, -0.05) is 40.6 Å². The van der Waals surface area contributed by atoms with Crippen molar-refractivity contribution in [2.24, 2.45) is 7.05 Å². The second kappa shape index (κ2) is 8.79.